The first-order chi connectivity index (χ1) is 18.1. The third kappa shape index (κ3) is 5.26. The molecule has 2 aromatic carbocycles. The number of nitrogens with one attached hydrogen (secondary N) is 1. The predicted octanol–water partition coefficient (Wildman–Crippen LogP) is 4.13. The van der Waals surface area contributed by atoms with Gasteiger partial charge in [-0.05, 0) is 74.4 Å². The molecule has 1 N–H and O–H groups in total. The minimum atomic E-state index is -4.25. The van der Waals surface area contributed by atoms with Gasteiger partial charge in [0.2, 0.25) is 15.9 Å². The quantitative estimate of drug-likeness (QED) is 0.587. The molecule has 3 atom stereocenters. The largest absolute Gasteiger partial charge is 0.441 e. The average molecular weight is 548 g/mol. The van der Waals surface area contributed by atoms with E-state index >= 15 is 0 Å². The Kier molecular flexibility index (Phi) is 7.17. The Hall–Kier alpha value is -3.05. The number of ether oxygens (including phenoxy) is 1. The van der Waals surface area contributed by atoms with Gasteiger partial charge in [0.15, 0.2) is 0 Å². The molecule has 5 rings (SSSR count). The van der Waals surface area contributed by atoms with Gasteiger partial charge in [0.05, 0.1) is 17.0 Å². The highest BCUT2D eigenvalue weighted by Crippen LogP contribution is 2.52. The molecule has 0 radical (unpaired) electrons. The van der Waals surface area contributed by atoms with Crippen molar-refractivity contribution in [1.82, 2.24) is 14.5 Å². The first kappa shape index (κ1) is 26.6. The molecular formula is C27H31F2N3O5S. The molecule has 204 valence electrons. The number of carbonyl (C=O) groups excluding carboxylic acids is 2. The SMILES string of the molecule is CC(=O)NC1CCN(C(=O)OC2([C@H]3CCC[C@@H](c4cccc(F)c4)N3S(=O)(=O)c3cccc(F)c3)CC2)C1. The number of rotatable bonds is 6. The molecule has 11 heteroatoms. The number of amides is 2. The normalized spacial score (nSPS) is 25.1. The van der Waals surface area contributed by atoms with E-state index in [1.165, 1.54) is 52.5 Å². The van der Waals surface area contributed by atoms with Crippen LogP contribution in [-0.4, -0.2) is 60.4 Å². The van der Waals surface area contributed by atoms with E-state index in [0.29, 0.717) is 57.2 Å². The fourth-order valence-electron chi connectivity index (χ4n) is 5.78. The fourth-order valence-corrected chi connectivity index (χ4v) is 7.73. The van der Waals surface area contributed by atoms with Crippen LogP contribution in [0.2, 0.25) is 0 Å². The van der Waals surface area contributed by atoms with Crippen molar-refractivity contribution in [2.24, 2.45) is 0 Å². The van der Waals surface area contributed by atoms with Crippen LogP contribution in [-0.2, 0) is 19.6 Å². The number of nitrogens with zero attached hydrogens (tertiary/aromatic N) is 2. The second-order valence-electron chi connectivity index (χ2n) is 10.4. The van der Waals surface area contributed by atoms with Crippen LogP contribution in [0.15, 0.2) is 53.4 Å². The van der Waals surface area contributed by atoms with E-state index in [2.05, 4.69) is 5.32 Å². The summed E-state index contributed by atoms with van der Waals surface area (Å²) in [6, 6.07) is 9.09. The van der Waals surface area contributed by atoms with Gasteiger partial charge in [-0.2, -0.15) is 4.31 Å². The molecule has 2 saturated heterocycles. The number of likely N-dealkylation sites (tertiary alicyclic amines) is 1. The first-order valence-corrected chi connectivity index (χ1v) is 14.3. The van der Waals surface area contributed by atoms with Crippen LogP contribution in [0.25, 0.3) is 0 Å². The molecule has 2 heterocycles. The van der Waals surface area contributed by atoms with E-state index in [9.17, 15) is 26.8 Å². The summed E-state index contributed by atoms with van der Waals surface area (Å²) in [5.74, 6) is -1.34. The highest BCUT2D eigenvalue weighted by molar-refractivity contribution is 7.89. The second-order valence-corrected chi connectivity index (χ2v) is 12.2. The molecule has 1 unspecified atom stereocenters. The Morgan fingerprint density at radius 3 is 2.39 bits per heavy atom. The lowest BCUT2D eigenvalue weighted by atomic mass is 9.90. The molecule has 3 fully saturated rings. The fraction of sp³-hybridized carbons (Fsp3) is 0.481. The van der Waals surface area contributed by atoms with Gasteiger partial charge in [0.1, 0.15) is 17.2 Å². The van der Waals surface area contributed by atoms with Gasteiger partial charge in [-0.15, -0.1) is 0 Å². The van der Waals surface area contributed by atoms with E-state index in [4.69, 9.17) is 4.74 Å². The van der Waals surface area contributed by atoms with Crippen LogP contribution in [0.4, 0.5) is 13.6 Å². The molecule has 0 spiro atoms. The zero-order valence-electron chi connectivity index (χ0n) is 21.1. The molecule has 2 amide bonds. The second kappa shape index (κ2) is 10.3. The third-order valence-corrected chi connectivity index (χ3v) is 9.58. The third-order valence-electron chi connectivity index (χ3n) is 7.67. The van der Waals surface area contributed by atoms with Gasteiger partial charge >= 0.3 is 6.09 Å². The highest BCUT2D eigenvalue weighted by Gasteiger charge is 2.60. The maximum Gasteiger partial charge on any atom is 0.410 e. The Bertz CT molecular complexity index is 1330. The van der Waals surface area contributed by atoms with Gasteiger partial charge < -0.3 is 15.0 Å². The number of hydrogen-bond acceptors (Lipinski definition) is 5. The van der Waals surface area contributed by atoms with Crippen molar-refractivity contribution in [3.63, 3.8) is 0 Å². The number of hydrogen-bond donors (Lipinski definition) is 1. The Labute approximate surface area is 221 Å². The van der Waals surface area contributed by atoms with Gasteiger partial charge in [0, 0.05) is 26.1 Å². The summed E-state index contributed by atoms with van der Waals surface area (Å²) in [7, 11) is -4.25. The summed E-state index contributed by atoms with van der Waals surface area (Å²) in [5, 5.41) is 2.81. The summed E-state index contributed by atoms with van der Waals surface area (Å²) in [6.45, 7) is 2.16. The Morgan fingerprint density at radius 1 is 1.03 bits per heavy atom. The summed E-state index contributed by atoms with van der Waals surface area (Å²) in [4.78, 5) is 25.9. The van der Waals surface area contributed by atoms with E-state index in [-0.39, 0.29) is 16.8 Å². The van der Waals surface area contributed by atoms with Crippen molar-refractivity contribution < 1.29 is 31.5 Å². The molecule has 3 aliphatic rings. The van der Waals surface area contributed by atoms with Crippen LogP contribution >= 0.6 is 0 Å². The van der Waals surface area contributed by atoms with E-state index in [1.807, 2.05) is 0 Å². The van der Waals surface area contributed by atoms with Crippen LogP contribution in [0.1, 0.15) is 57.1 Å². The van der Waals surface area contributed by atoms with Crippen LogP contribution < -0.4 is 5.32 Å². The zero-order valence-corrected chi connectivity index (χ0v) is 21.9. The van der Waals surface area contributed by atoms with Crippen LogP contribution in [0.5, 0.6) is 0 Å². The number of benzene rings is 2. The summed E-state index contributed by atoms with van der Waals surface area (Å²) in [6.07, 6.45) is 2.56. The number of piperidine rings is 1. The standard InChI is InChI=1S/C27H31F2N3O5S/c1-18(33)30-22-11-14-31(17-22)26(34)37-27(12-13-27)25-10-4-9-24(19-5-2-6-20(28)15-19)32(25)38(35,36)23-8-3-7-21(29)16-23/h2-3,5-8,15-16,22,24-25H,4,9-14,17H2,1H3,(H,30,33)/t22?,24-,25+/m0/s1. The lowest BCUT2D eigenvalue weighted by Gasteiger charge is -2.44. The van der Waals surface area contributed by atoms with Crippen LogP contribution in [0.3, 0.4) is 0 Å². The van der Waals surface area contributed by atoms with Crippen molar-refractivity contribution in [2.75, 3.05) is 13.1 Å². The smallest absolute Gasteiger partial charge is 0.410 e. The van der Waals surface area contributed by atoms with Gasteiger partial charge in [-0.1, -0.05) is 18.2 Å². The van der Waals surface area contributed by atoms with Crippen molar-refractivity contribution in [3.8, 4) is 0 Å². The molecule has 2 aliphatic heterocycles. The van der Waals surface area contributed by atoms with Crippen molar-refractivity contribution in [3.05, 3.63) is 65.7 Å². The molecule has 0 bridgehead atoms. The van der Waals surface area contributed by atoms with Crippen molar-refractivity contribution in [2.45, 2.75) is 74.1 Å². The average Bonchev–Trinajstić information content (AvgIpc) is 3.51. The highest BCUT2D eigenvalue weighted by atomic mass is 32.2. The molecular weight excluding hydrogens is 516 g/mol. The molecule has 8 nitrogen and oxygen atoms in total. The first-order valence-electron chi connectivity index (χ1n) is 12.9. The maximum atomic E-state index is 14.2. The molecule has 2 aromatic rings. The Morgan fingerprint density at radius 2 is 1.74 bits per heavy atom. The van der Waals surface area contributed by atoms with E-state index in [1.54, 1.807) is 6.07 Å². The topological polar surface area (TPSA) is 96.0 Å². The lowest BCUT2D eigenvalue weighted by Crippen LogP contribution is -2.54. The molecule has 1 saturated carbocycles. The monoisotopic (exact) mass is 547 g/mol. The van der Waals surface area contributed by atoms with Gasteiger partial charge in [0.25, 0.3) is 0 Å². The van der Waals surface area contributed by atoms with Crippen LogP contribution in [0, 0.1) is 11.6 Å². The number of sulfonamides is 1. The maximum absolute atomic E-state index is 14.2. The minimum absolute atomic E-state index is 0.160. The van der Waals surface area contributed by atoms with E-state index in [0.717, 1.165) is 6.07 Å². The molecule has 1 aliphatic carbocycles. The zero-order chi connectivity index (χ0) is 27.1. The van der Waals surface area contributed by atoms with Crippen molar-refractivity contribution in [1.29, 1.82) is 0 Å². The molecule has 38 heavy (non-hydrogen) atoms. The summed E-state index contributed by atoms with van der Waals surface area (Å²) in [5.41, 5.74) is -0.537. The number of carbonyl (C=O) groups is 2. The van der Waals surface area contributed by atoms with Crippen molar-refractivity contribution >= 4 is 22.0 Å². The predicted molar refractivity (Wildman–Crippen MR) is 134 cm³/mol. The Balaban J connectivity index is 1.46. The van der Waals surface area contributed by atoms with Gasteiger partial charge in [-0.25, -0.2) is 22.0 Å². The van der Waals surface area contributed by atoms with Gasteiger partial charge in [-0.3, -0.25) is 4.79 Å². The van der Waals surface area contributed by atoms with E-state index < -0.39 is 45.4 Å². The molecule has 0 aromatic heterocycles. The number of halogens is 2. The summed E-state index contributed by atoms with van der Waals surface area (Å²) < 4.78 is 63.8. The minimum Gasteiger partial charge on any atom is -0.441 e. The lowest BCUT2D eigenvalue weighted by molar-refractivity contribution is -0.119. The summed E-state index contributed by atoms with van der Waals surface area (Å²) >= 11 is 0.